The number of anilines is 1. The number of hydrogen-bond acceptors (Lipinski definition) is 5. The van der Waals surface area contributed by atoms with Crippen molar-refractivity contribution in [3.8, 4) is 5.75 Å². The van der Waals surface area contributed by atoms with E-state index < -0.39 is 0 Å². The van der Waals surface area contributed by atoms with Crippen molar-refractivity contribution >= 4 is 28.5 Å². The van der Waals surface area contributed by atoms with E-state index in [9.17, 15) is 9.59 Å². The fraction of sp³-hybridized carbons (Fsp3) is 0.214. The number of amides is 2. The number of fused-ring (bicyclic) bond motifs is 1. The van der Waals surface area contributed by atoms with Gasteiger partial charge >= 0.3 is 0 Å². The number of ether oxygens (including phenoxy) is 2. The van der Waals surface area contributed by atoms with Crippen LogP contribution in [0.1, 0.15) is 32.0 Å². The molecule has 0 aliphatic carbocycles. The molecular formula is C28H26N2O5. The number of aryl methyl sites for hydroxylation is 1. The van der Waals surface area contributed by atoms with Crippen LogP contribution in [-0.2, 0) is 11.3 Å². The van der Waals surface area contributed by atoms with E-state index in [0.29, 0.717) is 60.9 Å². The molecule has 35 heavy (non-hydrogen) atoms. The minimum absolute atomic E-state index is 0.119. The smallest absolute Gasteiger partial charge is 0.291 e. The van der Waals surface area contributed by atoms with Crippen molar-refractivity contribution in [2.24, 2.45) is 0 Å². The van der Waals surface area contributed by atoms with Gasteiger partial charge < -0.3 is 24.1 Å². The molecule has 0 bridgehead atoms. The van der Waals surface area contributed by atoms with Gasteiger partial charge in [0, 0.05) is 24.0 Å². The van der Waals surface area contributed by atoms with E-state index in [-0.39, 0.29) is 17.6 Å². The van der Waals surface area contributed by atoms with E-state index in [0.717, 1.165) is 11.1 Å². The highest BCUT2D eigenvalue weighted by atomic mass is 16.5. The Labute approximate surface area is 203 Å². The zero-order chi connectivity index (χ0) is 24.2. The number of carbonyl (C=O) groups excluding carboxylic acids is 2. The summed E-state index contributed by atoms with van der Waals surface area (Å²) in [5, 5.41) is 3.58. The summed E-state index contributed by atoms with van der Waals surface area (Å²) in [7, 11) is 0. The van der Waals surface area contributed by atoms with Gasteiger partial charge in [-0.3, -0.25) is 9.59 Å². The molecule has 1 fully saturated rings. The summed E-state index contributed by atoms with van der Waals surface area (Å²) in [5.41, 5.74) is 3.54. The van der Waals surface area contributed by atoms with Crippen LogP contribution in [0.2, 0.25) is 0 Å². The van der Waals surface area contributed by atoms with Crippen molar-refractivity contribution in [2.75, 3.05) is 31.6 Å². The SMILES string of the molecule is Cc1cccc(COc2cccc(C(=O)Nc3c(C(=O)N4CCOCC4)oc4ccccc34)c2)c1. The lowest BCUT2D eigenvalue weighted by atomic mass is 10.1. The first-order chi connectivity index (χ1) is 17.1. The zero-order valence-electron chi connectivity index (χ0n) is 19.5. The van der Waals surface area contributed by atoms with Gasteiger partial charge in [0.25, 0.3) is 11.8 Å². The van der Waals surface area contributed by atoms with Crippen LogP contribution in [0.5, 0.6) is 5.75 Å². The lowest BCUT2D eigenvalue weighted by molar-refractivity contribution is 0.0285. The number of rotatable bonds is 6. The molecule has 1 aliphatic rings. The molecule has 0 spiro atoms. The summed E-state index contributed by atoms with van der Waals surface area (Å²) in [6, 6.07) is 22.3. The van der Waals surface area contributed by atoms with Crippen LogP contribution >= 0.6 is 0 Å². The molecule has 3 aromatic carbocycles. The summed E-state index contributed by atoms with van der Waals surface area (Å²) < 4.78 is 17.2. The number of carbonyl (C=O) groups is 2. The molecule has 1 N–H and O–H groups in total. The van der Waals surface area contributed by atoms with Crippen LogP contribution in [0, 0.1) is 6.92 Å². The highest BCUT2D eigenvalue weighted by molar-refractivity contribution is 6.14. The van der Waals surface area contributed by atoms with Gasteiger partial charge in [-0.2, -0.15) is 0 Å². The normalized spacial score (nSPS) is 13.6. The predicted octanol–water partition coefficient (Wildman–Crippen LogP) is 5.04. The Balaban J connectivity index is 1.37. The largest absolute Gasteiger partial charge is 0.489 e. The summed E-state index contributed by atoms with van der Waals surface area (Å²) >= 11 is 0. The van der Waals surface area contributed by atoms with E-state index in [2.05, 4.69) is 11.4 Å². The van der Waals surface area contributed by atoms with Crippen molar-refractivity contribution in [1.29, 1.82) is 0 Å². The van der Waals surface area contributed by atoms with Crippen LogP contribution in [0.25, 0.3) is 11.0 Å². The van der Waals surface area contributed by atoms with Crippen LogP contribution < -0.4 is 10.1 Å². The quantitative estimate of drug-likeness (QED) is 0.427. The Hall–Kier alpha value is -4.10. The third-order valence-electron chi connectivity index (χ3n) is 5.91. The van der Waals surface area contributed by atoms with E-state index in [1.165, 1.54) is 0 Å². The predicted molar refractivity (Wildman–Crippen MR) is 133 cm³/mol. The van der Waals surface area contributed by atoms with Crippen molar-refractivity contribution in [1.82, 2.24) is 4.90 Å². The second-order valence-corrected chi connectivity index (χ2v) is 8.47. The average Bonchev–Trinajstić information content (AvgIpc) is 3.26. The standard InChI is InChI=1S/C28H26N2O5/c1-19-6-4-7-20(16-19)18-34-22-9-5-8-21(17-22)27(31)29-25-23-10-2-3-11-24(23)35-26(25)28(32)30-12-14-33-15-13-30/h2-11,16-17H,12-15,18H2,1H3,(H,29,31). The first-order valence-electron chi connectivity index (χ1n) is 11.6. The molecule has 0 atom stereocenters. The van der Waals surface area contributed by atoms with Crippen molar-refractivity contribution in [2.45, 2.75) is 13.5 Å². The van der Waals surface area contributed by atoms with Crippen molar-refractivity contribution in [3.63, 3.8) is 0 Å². The zero-order valence-corrected chi connectivity index (χ0v) is 19.5. The van der Waals surface area contributed by atoms with Crippen LogP contribution in [-0.4, -0.2) is 43.0 Å². The first kappa shape index (κ1) is 22.7. The maximum atomic E-state index is 13.2. The minimum Gasteiger partial charge on any atom is -0.489 e. The van der Waals surface area contributed by atoms with Gasteiger partial charge in [0.2, 0.25) is 5.76 Å². The van der Waals surface area contributed by atoms with E-state index in [1.54, 1.807) is 29.2 Å². The molecule has 4 aromatic rings. The molecule has 178 valence electrons. The Morgan fingerprint density at radius 2 is 1.77 bits per heavy atom. The van der Waals surface area contributed by atoms with Crippen molar-refractivity contribution < 1.29 is 23.5 Å². The third-order valence-corrected chi connectivity index (χ3v) is 5.91. The molecule has 1 aromatic heterocycles. The minimum atomic E-state index is -0.353. The molecule has 0 unspecified atom stereocenters. The number of nitrogens with one attached hydrogen (secondary N) is 1. The molecule has 2 amide bonds. The number of nitrogens with zero attached hydrogens (tertiary/aromatic N) is 1. The molecule has 5 rings (SSSR count). The molecule has 1 aliphatic heterocycles. The Morgan fingerprint density at radius 1 is 0.971 bits per heavy atom. The Bertz CT molecular complexity index is 1370. The van der Waals surface area contributed by atoms with Crippen LogP contribution in [0.15, 0.2) is 77.2 Å². The van der Waals surface area contributed by atoms with Crippen LogP contribution in [0.4, 0.5) is 5.69 Å². The number of furan rings is 1. The topological polar surface area (TPSA) is 81.0 Å². The van der Waals surface area contributed by atoms with Gasteiger partial charge in [-0.25, -0.2) is 0 Å². The molecule has 7 nitrogen and oxygen atoms in total. The monoisotopic (exact) mass is 470 g/mol. The molecule has 2 heterocycles. The van der Waals surface area contributed by atoms with Crippen molar-refractivity contribution in [3.05, 3.63) is 95.2 Å². The molecule has 1 saturated heterocycles. The maximum Gasteiger partial charge on any atom is 0.291 e. The third kappa shape index (κ3) is 5.05. The maximum absolute atomic E-state index is 13.2. The summed E-state index contributed by atoms with van der Waals surface area (Å²) in [5.74, 6) is 0.0813. The molecular weight excluding hydrogens is 444 g/mol. The lowest BCUT2D eigenvalue weighted by Crippen LogP contribution is -2.40. The van der Waals surface area contributed by atoms with Gasteiger partial charge in [0.15, 0.2) is 0 Å². The van der Waals surface area contributed by atoms with Gasteiger partial charge in [0.1, 0.15) is 23.6 Å². The Kier molecular flexibility index (Phi) is 6.50. The number of hydrogen-bond donors (Lipinski definition) is 1. The number of para-hydroxylation sites is 1. The lowest BCUT2D eigenvalue weighted by Gasteiger charge is -2.26. The fourth-order valence-corrected chi connectivity index (χ4v) is 4.11. The highest BCUT2D eigenvalue weighted by Crippen LogP contribution is 2.32. The van der Waals surface area contributed by atoms with Gasteiger partial charge in [0.05, 0.1) is 13.2 Å². The second kappa shape index (κ2) is 10.0. The Morgan fingerprint density at radius 3 is 2.60 bits per heavy atom. The molecule has 0 radical (unpaired) electrons. The average molecular weight is 471 g/mol. The van der Waals surface area contributed by atoms with Gasteiger partial charge in [-0.15, -0.1) is 0 Å². The van der Waals surface area contributed by atoms with E-state index in [4.69, 9.17) is 13.9 Å². The number of benzene rings is 3. The first-order valence-corrected chi connectivity index (χ1v) is 11.6. The van der Waals surface area contributed by atoms with Gasteiger partial charge in [-0.1, -0.05) is 48.0 Å². The summed E-state index contributed by atoms with van der Waals surface area (Å²) in [6.45, 7) is 4.34. The van der Waals surface area contributed by atoms with Crippen LogP contribution in [0.3, 0.4) is 0 Å². The van der Waals surface area contributed by atoms with E-state index >= 15 is 0 Å². The highest BCUT2D eigenvalue weighted by Gasteiger charge is 2.27. The molecule has 7 heteroatoms. The summed E-state index contributed by atoms with van der Waals surface area (Å²) in [4.78, 5) is 28.1. The number of morpholine rings is 1. The molecule has 0 saturated carbocycles. The fourth-order valence-electron chi connectivity index (χ4n) is 4.11. The summed E-state index contributed by atoms with van der Waals surface area (Å²) in [6.07, 6.45) is 0. The van der Waals surface area contributed by atoms with Gasteiger partial charge in [-0.05, 0) is 42.8 Å². The second-order valence-electron chi connectivity index (χ2n) is 8.47. The van der Waals surface area contributed by atoms with E-state index in [1.807, 2.05) is 49.4 Å².